The maximum Gasteiger partial charge on any atom is 0.340 e. The van der Waals surface area contributed by atoms with Crippen molar-refractivity contribution in [3.05, 3.63) is 126 Å². The number of rotatable bonds is 12. The molecule has 0 aliphatic heterocycles. The van der Waals surface area contributed by atoms with Crippen LogP contribution in [0.3, 0.4) is 0 Å². The van der Waals surface area contributed by atoms with Gasteiger partial charge in [0.15, 0.2) is 11.0 Å². The van der Waals surface area contributed by atoms with Gasteiger partial charge in [0.25, 0.3) is 5.91 Å². The number of carboxylic acids is 1. The summed E-state index contributed by atoms with van der Waals surface area (Å²) < 4.78 is 28.4. The molecule has 248 valence electrons. The number of benzene rings is 4. The normalized spacial score (nSPS) is 13.8. The number of hydrogen-bond acceptors (Lipinski definition) is 4. The van der Waals surface area contributed by atoms with E-state index in [1.165, 1.54) is 24.1 Å². The number of anilines is 3. The highest BCUT2D eigenvalue weighted by Crippen LogP contribution is 2.29. The Bertz CT molecular complexity index is 1800. The highest BCUT2D eigenvalue weighted by Gasteiger charge is 2.20. The fraction of sp³-hybridized carbons (Fsp3) is 0.216. The first-order valence-corrected chi connectivity index (χ1v) is 16.7. The third kappa shape index (κ3) is 8.74. The zero-order valence-corrected chi connectivity index (χ0v) is 27.3. The average Bonchev–Trinajstić information content (AvgIpc) is 3.13. The number of aliphatic carboxylic acids is 1. The number of hydrogen-bond donors (Lipinski definition) is 3. The minimum Gasteiger partial charge on any atom is -0.479 e. The summed E-state index contributed by atoms with van der Waals surface area (Å²) in [7, 11) is 0.224. The molecule has 0 spiro atoms. The molecule has 4 aromatic rings. The number of nitrogens with one attached hydrogen (secondary N) is 2. The van der Waals surface area contributed by atoms with Crippen molar-refractivity contribution in [2.75, 3.05) is 28.1 Å². The fourth-order valence-electron chi connectivity index (χ4n) is 5.32. The van der Waals surface area contributed by atoms with Crippen LogP contribution >= 0.6 is 0 Å². The second kappa shape index (κ2) is 16.0. The Morgan fingerprint density at radius 3 is 2.29 bits per heavy atom. The Kier molecular flexibility index (Phi) is 11.4. The smallest absolute Gasteiger partial charge is 0.340 e. The second-order valence-electron chi connectivity index (χ2n) is 11.4. The largest absolute Gasteiger partial charge is 0.479 e. The van der Waals surface area contributed by atoms with Crippen molar-refractivity contribution in [3.8, 4) is 0 Å². The Labute approximate surface area is 281 Å². The van der Waals surface area contributed by atoms with Gasteiger partial charge in [0.2, 0.25) is 6.17 Å². The van der Waals surface area contributed by atoms with Crippen LogP contribution in [0.15, 0.2) is 114 Å². The quantitative estimate of drug-likeness (QED) is 0.148. The molecule has 0 heterocycles. The summed E-state index contributed by atoms with van der Waals surface area (Å²) in [4.78, 5) is 39.1. The summed E-state index contributed by atoms with van der Waals surface area (Å²) in [6, 6.07) is 30.1. The molecule has 5 rings (SSSR count). The second-order valence-corrected chi connectivity index (χ2v) is 12.9. The highest BCUT2D eigenvalue weighted by molar-refractivity contribution is 7.86. The molecule has 0 radical (unpaired) electrons. The molecule has 0 bridgehead atoms. The molecule has 9 nitrogen and oxygen atoms in total. The molecule has 48 heavy (non-hydrogen) atoms. The van der Waals surface area contributed by atoms with Gasteiger partial charge in [-0.2, -0.15) is 0 Å². The lowest BCUT2D eigenvalue weighted by Crippen LogP contribution is -2.35. The number of allylic oxidation sites excluding steroid dienone is 2. The summed E-state index contributed by atoms with van der Waals surface area (Å²) >= 11 is 0. The van der Waals surface area contributed by atoms with Gasteiger partial charge in [-0.25, -0.2) is 18.2 Å². The van der Waals surface area contributed by atoms with Crippen molar-refractivity contribution in [2.45, 2.75) is 43.3 Å². The van der Waals surface area contributed by atoms with E-state index in [1.807, 2.05) is 54.6 Å². The van der Waals surface area contributed by atoms with Gasteiger partial charge in [-0.3, -0.25) is 14.0 Å². The van der Waals surface area contributed by atoms with Gasteiger partial charge in [0.1, 0.15) is 0 Å². The Morgan fingerprint density at radius 1 is 0.896 bits per heavy atom. The lowest BCUT2D eigenvalue weighted by molar-refractivity contribution is -0.142. The van der Waals surface area contributed by atoms with E-state index in [9.17, 15) is 23.0 Å². The number of nitrogens with zero attached hydrogens (tertiary/aromatic N) is 2. The molecule has 0 saturated carbocycles. The summed E-state index contributed by atoms with van der Waals surface area (Å²) in [6.45, 7) is -0.488. The molecule has 3 N–H and O–H groups in total. The van der Waals surface area contributed by atoms with E-state index in [4.69, 9.17) is 5.11 Å². The fourth-order valence-corrected chi connectivity index (χ4v) is 6.37. The Hall–Kier alpha value is -5.29. The van der Waals surface area contributed by atoms with E-state index in [-0.39, 0.29) is 12.1 Å². The molecule has 0 aromatic heterocycles. The molecule has 11 heteroatoms. The molecule has 0 fully saturated rings. The first kappa shape index (κ1) is 34.1. The third-order valence-electron chi connectivity index (χ3n) is 8.01. The van der Waals surface area contributed by atoms with Crippen LogP contribution in [0.25, 0.3) is 5.57 Å². The molecule has 0 saturated heterocycles. The molecule has 1 aliphatic carbocycles. The molecular formula is C37H37FN4O5S. The van der Waals surface area contributed by atoms with Gasteiger partial charge in [0, 0.05) is 29.7 Å². The van der Waals surface area contributed by atoms with E-state index in [0.717, 1.165) is 30.5 Å². The van der Waals surface area contributed by atoms with Gasteiger partial charge in [-0.1, -0.05) is 54.6 Å². The zero-order chi connectivity index (χ0) is 34.0. The van der Waals surface area contributed by atoms with Crippen LogP contribution in [0.2, 0.25) is 0 Å². The van der Waals surface area contributed by atoms with E-state index in [1.54, 1.807) is 52.7 Å². The third-order valence-corrected chi connectivity index (χ3v) is 9.37. The highest BCUT2D eigenvalue weighted by atomic mass is 32.2. The minimum absolute atomic E-state index is 0.156. The Morgan fingerprint density at radius 2 is 1.62 bits per heavy atom. The van der Waals surface area contributed by atoms with Crippen molar-refractivity contribution in [1.82, 2.24) is 5.32 Å². The molecule has 3 amide bonds. The molecule has 2 unspecified atom stereocenters. The van der Waals surface area contributed by atoms with Crippen LogP contribution in [0.1, 0.15) is 47.2 Å². The summed E-state index contributed by atoms with van der Waals surface area (Å²) in [6.07, 6.45) is 4.47. The van der Waals surface area contributed by atoms with Gasteiger partial charge in [-0.15, -0.1) is 0 Å². The number of alkyl halides is 1. The van der Waals surface area contributed by atoms with Crippen molar-refractivity contribution < 1.29 is 28.1 Å². The number of amides is 3. The molecule has 2 atom stereocenters. The minimum atomic E-state index is -2.20. The SMILES string of the molecule is CN(c1ccccc1)S(=O)c1cccc(NC(=O)N(Cc2ccc(C(=O)NCC(F)C(=O)O)cc2)c2ccc(C3=CCCCC3)cc2)c1. The van der Waals surface area contributed by atoms with Gasteiger partial charge in [-0.05, 0) is 97.0 Å². The van der Waals surface area contributed by atoms with E-state index < -0.39 is 41.6 Å². The number of halogens is 1. The standard InChI is InChI=1S/C37H37FN4O5S/c1-41(31-12-6-3-7-13-31)48(47)33-14-8-11-30(23-33)40-37(46)42(32-21-19-28(20-22-32)27-9-4-2-5-10-27)25-26-15-17-29(18-16-26)35(43)39-24-34(38)36(44)45/h3,6-9,11-23,34H,2,4-5,10,24-25H2,1H3,(H,39,43)(H,40,46)(H,44,45). The Balaban J connectivity index is 1.35. The van der Waals surface area contributed by atoms with Crippen molar-refractivity contribution >= 4 is 51.5 Å². The van der Waals surface area contributed by atoms with Crippen LogP contribution in [0, 0.1) is 0 Å². The number of carboxylic acid groups (broad SMARTS) is 1. The number of para-hydroxylation sites is 1. The summed E-state index contributed by atoms with van der Waals surface area (Å²) in [5, 5.41) is 13.9. The van der Waals surface area contributed by atoms with Gasteiger partial charge < -0.3 is 15.7 Å². The molecule has 4 aromatic carbocycles. The number of urea groups is 1. The van der Waals surface area contributed by atoms with Crippen LogP contribution in [0.4, 0.5) is 26.2 Å². The summed E-state index contributed by atoms with van der Waals surface area (Å²) in [5.41, 5.74) is 5.27. The van der Waals surface area contributed by atoms with Crippen LogP contribution in [-0.4, -0.2) is 47.0 Å². The van der Waals surface area contributed by atoms with E-state index >= 15 is 0 Å². The van der Waals surface area contributed by atoms with E-state index in [2.05, 4.69) is 16.7 Å². The van der Waals surface area contributed by atoms with Crippen LogP contribution in [-0.2, 0) is 22.3 Å². The molecular weight excluding hydrogens is 631 g/mol. The van der Waals surface area contributed by atoms with Gasteiger partial charge >= 0.3 is 12.0 Å². The van der Waals surface area contributed by atoms with Crippen LogP contribution < -0.4 is 19.8 Å². The lowest BCUT2D eigenvalue weighted by atomic mass is 9.93. The van der Waals surface area contributed by atoms with Crippen molar-refractivity contribution in [3.63, 3.8) is 0 Å². The van der Waals surface area contributed by atoms with Gasteiger partial charge in [0.05, 0.1) is 18.0 Å². The maximum atomic E-state index is 13.9. The molecule has 1 aliphatic rings. The van der Waals surface area contributed by atoms with Crippen molar-refractivity contribution in [2.24, 2.45) is 0 Å². The zero-order valence-electron chi connectivity index (χ0n) is 26.5. The lowest BCUT2D eigenvalue weighted by Gasteiger charge is -2.24. The average molecular weight is 669 g/mol. The summed E-state index contributed by atoms with van der Waals surface area (Å²) in [5.74, 6) is -2.25. The predicted molar refractivity (Wildman–Crippen MR) is 187 cm³/mol. The van der Waals surface area contributed by atoms with Crippen molar-refractivity contribution in [1.29, 1.82) is 0 Å². The first-order valence-electron chi connectivity index (χ1n) is 15.6. The maximum absolute atomic E-state index is 13.9. The predicted octanol–water partition coefficient (Wildman–Crippen LogP) is 7.19. The monoisotopic (exact) mass is 668 g/mol. The van der Waals surface area contributed by atoms with Crippen LogP contribution in [0.5, 0.6) is 0 Å². The van der Waals surface area contributed by atoms with E-state index in [0.29, 0.717) is 21.8 Å². The number of carbonyl (C=O) groups is 3. The topological polar surface area (TPSA) is 119 Å². The first-order chi connectivity index (χ1) is 23.2. The number of carbonyl (C=O) groups excluding carboxylic acids is 2.